The van der Waals surface area contributed by atoms with Crippen LogP contribution in [0.1, 0.15) is 21.5 Å². The Kier molecular flexibility index (Phi) is 6.86. The standard InChI is InChI=1S/C25H23N3O5S2/c1-15-11-19(35(30,31)18-5-6-21(32-3)22(13-18)33-4)12-16(2)23(15)20-14-34-25(27-20)28-24(29)17-7-9-26-10-8-17/h5-14H,1-4H3,(H,27,28,29). The summed E-state index contributed by atoms with van der Waals surface area (Å²) in [6, 6.07) is 11.0. The highest BCUT2D eigenvalue weighted by molar-refractivity contribution is 7.91. The van der Waals surface area contributed by atoms with Crippen LogP contribution in [0, 0.1) is 13.8 Å². The molecule has 0 radical (unpaired) electrons. The molecule has 0 unspecified atom stereocenters. The Balaban J connectivity index is 1.64. The van der Waals surface area contributed by atoms with Crippen molar-refractivity contribution in [2.24, 2.45) is 0 Å². The van der Waals surface area contributed by atoms with Crippen molar-refractivity contribution in [3.8, 4) is 22.8 Å². The largest absolute Gasteiger partial charge is 0.493 e. The minimum absolute atomic E-state index is 0.108. The molecule has 0 aliphatic carbocycles. The molecule has 0 aliphatic heterocycles. The number of ether oxygens (including phenoxy) is 2. The average Bonchev–Trinajstić information content (AvgIpc) is 3.31. The molecule has 0 bridgehead atoms. The summed E-state index contributed by atoms with van der Waals surface area (Å²) >= 11 is 1.30. The first kappa shape index (κ1) is 24.4. The fourth-order valence-electron chi connectivity index (χ4n) is 3.72. The molecule has 1 N–H and O–H groups in total. The van der Waals surface area contributed by atoms with Crippen LogP contribution in [0.2, 0.25) is 0 Å². The number of carbonyl (C=O) groups is 1. The van der Waals surface area contributed by atoms with Crippen LogP contribution >= 0.6 is 11.3 Å². The quantitative estimate of drug-likeness (QED) is 0.377. The first-order valence-electron chi connectivity index (χ1n) is 10.5. The van der Waals surface area contributed by atoms with E-state index in [0.29, 0.717) is 27.9 Å². The highest BCUT2D eigenvalue weighted by Gasteiger charge is 2.23. The number of aryl methyl sites for hydroxylation is 2. The molecule has 0 atom stereocenters. The summed E-state index contributed by atoms with van der Waals surface area (Å²) in [6.07, 6.45) is 3.10. The Morgan fingerprint density at radius 3 is 2.20 bits per heavy atom. The number of thiazole rings is 1. The van der Waals surface area contributed by atoms with Crippen LogP contribution in [0.4, 0.5) is 5.13 Å². The van der Waals surface area contributed by atoms with Crippen LogP contribution in [0.15, 0.2) is 70.0 Å². The van der Waals surface area contributed by atoms with Gasteiger partial charge in [-0.25, -0.2) is 13.4 Å². The van der Waals surface area contributed by atoms with Gasteiger partial charge in [-0.05, 0) is 61.4 Å². The third kappa shape index (κ3) is 4.89. The lowest BCUT2D eigenvalue weighted by molar-refractivity contribution is 0.102. The molecule has 0 fully saturated rings. The summed E-state index contributed by atoms with van der Waals surface area (Å²) in [5.74, 6) is 0.505. The topological polar surface area (TPSA) is 107 Å². The Labute approximate surface area is 207 Å². The molecule has 2 heterocycles. The van der Waals surface area contributed by atoms with Crippen molar-refractivity contribution in [3.05, 3.63) is 76.9 Å². The second-order valence-corrected chi connectivity index (χ2v) is 10.5. The van der Waals surface area contributed by atoms with Crippen LogP contribution in [0.3, 0.4) is 0 Å². The second kappa shape index (κ2) is 9.85. The van der Waals surface area contributed by atoms with Gasteiger partial charge >= 0.3 is 0 Å². The van der Waals surface area contributed by atoms with E-state index in [0.717, 1.165) is 16.7 Å². The molecule has 0 saturated carbocycles. The summed E-state index contributed by atoms with van der Waals surface area (Å²) in [4.78, 5) is 21.2. The molecule has 0 aliphatic rings. The maximum Gasteiger partial charge on any atom is 0.257 e. The highest BCUT2D eigenvalue weighted by atomic mass is 32.2. The number of carbonyl (C=O) groups excluding carboxylic acids is 1. The Bertz CT molecular complexity index is 1480. The maximum absolute atomic E-state index is 13.4. The van der Waals surface area contributed by atoms with Gasteiger partial charge in [0.2, 0.25) is 9.84 Å². The van der Waals surface area contributed by atoms with E-state index >= 15 is 0 Å². The Morgan fingerprint density at radius 1 is 0.914 bits per heavy atom. The van der Waals surface area contributed by atoms with E-state index in [2.05, 4.69) is 15.3 Å². The van der Waals surface area contributed by atoms with Gasteiger partial charge in [-0.15, -0.1) is 11.3 Å². The van der Waals surface area contributed by atoms with E-state index in [9.17, 15) is 13.2 Å². The Hall–Kier alpha value is -3.76. The van der Waals surface area contributed by atoms with E-state index in [1.807, 2.05) is 19.2 Å². The Morgan fingerprint density at radius 2 is 1.57 bits per heavy atom. The summed E-state index contributed by atoms with van der Waals surface area (Å²) in [6.45, 7) is 3.68. The zero-order chi connectivity index (χ0) is 25.2. The van der Waals surface area contributed by atoms with Crippen molar-refractivity contribution < 1.29 is 22.7 Å². The first-order chi connectivity index (χ1) is 16.7. The van der Waals surface area contributed by atoms with Gasteiger partial charge in [0.15, 0.2) is 16.6 Å². The van der Waals surface area contributed by atoms with Crippen LogP contribution in [0.5, 0.6) is 11.5 Å². The van der Waals surface area contributed by atoms with Crippen LogP contribution in [-0.2, 0) is 9.84 Å². The van der Waals surface area contributed by atoms with Gasteiger partial charge in [0, 0.05) is 35.0 Å². The molecule has 4 rings (SSSR count). The molecule has 0 saturated heterocycles. The van der Waals surface area contributed by atoms with Crippen molar-refractivity contribution in [1.29, 1.82) is 0 Å². The number of benzene rings is 2. The summed E-state index contributed by atoms with van der Waals surface area (Å²) < 4.78 is 37.2. The van der Waals surface area contributed by atoms with Gasteiger partial charge < -0.3 is 9.47 Å². The summed E-state index contributed by atoms with van der Waals surface area (Å²) in [5, 5.41) is 5.07. The smallest absolute Gasteiger partial charge is 0.257 e. The zero-order valence-corrected chi connectivity index (χ0v) is 21.2. The van der Waals surface area contributed by atoms with Crippen molar-refractivity contribution in [2.45, 2.75) is 23.6 Å². The van der Waals surface area contributed by atoms with Crippen LogP contribution < -0.4 is 14.8 Å². The molecule has 180 valence electrons. The number of nitrogens with one attached hydrogen (secondary N) is 1. The number of rotatable bonds is 7. The van der Waals surface area contributed by atoms with Gasteiger partial charge in [-0.3, -0.25) is 15.1 Å². The minimum atomic E-state index is -3.80. The monoisotopic (exact) mass is 509 g/mol. The number of hydrogen-bond acceptors (Lipinski definition) is 8. The average molecular weight is 510 g/mol. The molecule has 2 aromatic carbocycles. The van der Waals surface area contributed by atoms with Crippen LogP contribution in [-0.4, -0.2) is 38.5 Å². The van der Waals surface area contributed by atoms with E-state index in [1.54, 1.807) is 42.7 Å². The SMILES string of the molecule is COc1ccc(S(=O)(=O)c2cc(C)c(-c3csc(NC(=O)c4ccncc4)n3)c(C)c2)cc1OC. The maximum atomic E-state index is 13.4. The lowest BCUT2D eigenvalue weighted by Crippen LogP contribution is -2.11. The van der Waals surface area contributed by atoms with Gasteiger partial charge in [0.05, 0.1) is 29.7 Å². The predicted molar refractivity (Wildman–Crippen MR) is 134 cm³/mol. The molecule has 10 heteroatoms. The number of amides is 1. The van der Waals surface area contributed by atoms with Gasteiger partial charge in [0.1, 0.15) is 0 Å². The van der Waals surface area contributed by atoms with E-state index in [1.165, 1.54) is 37.7 Å². The zero-order valence-electron chi connectivity index (χ0n) is 19.5. The molecule has 8 nitrogen and oxygen atoms in total. The summed E-state index contributed by atoms with van der Waals surface area (Å²) in [7, 11) is -0.848. The summed E-state index contributed by atoms with van der Waals surface area (Å²) in [5.41, 5.74) is 3.46. The second-order valence-electron chi connectivity index (χ2n) is 7.68. The van der Waals surface area contributed by atoms with E-state index in [4.69, 9.17) is 9.47 Å². The molecule has 1 amide bonds. The lowest BCUT2D eigenvalue weighted by atomic mass is 10.0. The van der Waals surface area contributed by atoms with E-state index in [-0.39, 0.29) is 15.7 Å². The third-order valence-corrected chi connectivity index (χ3v) is 7.89. The van der Waals surface area contributed by atoms with Crippen molar-refractivity contribution in [2.75, 3.05) is 19.5 Å². The number of anilines is 1. The predicted octanol–water partition coefficient (Wildman–Crippen LogP) is 4.92. The van der Waals surface area contributed by atoms with Crippen molar-refractivity contribution in [3.63, 3.8) is 0 Å². The lowest BCUT2D eigenvalue weighted by Gasteiger charge is -2.13. The molecule has 2 aromatic heterocycles. The van der Waals surface area contributed by atoms with Gasteiger partial charge in [0.25, 0.3) is 5.91 Å². The molecule has 0 spiro atoms. The van der Waals surface area contributed by atoms with Gasteiger partial charge in [-0.2, -0.15) is 0 Å². The molecular formula is C25H23N3O5S2. The molecule has 35 heavy (non-hydrogen) atoms. The van der Waals surface area contributed by atoms with E-state index < -0.39 is 9.84 Å². The van der Waals surface area contributed by atoms with Crippen molar-refractivity contribution >= 4 is 32.2 Å². The number of sulfone groups is 1. The minimum Gasteiger partial charge on any atom is -0.493 e. The fraction of sp³-hybridized carbons (Fsp3) is 0.160. The number of nitrogens with zero attached hydrogens (tertiary/aromatic N) is 2. The van der Waals surface area contributed by atoms with Crippen LogP contribution in [0.25, 0.3) is 11.3 Å². The number of pyridine rings is 1. The first-order valence-corrected chi connectivity index (χ1v) is 12.9. The van der Waals surface area contributed by atoms with Crippen molar-refractivity contribution in [1.82, 2.24) is 9.97 Å². The highest BCUT2D eigenvalue weighted by Crippen LogP contribution is 2.36. The molecule has 4 aromatic rings. The normalized spacial score (nSPS) is 11.2. The number of methoxy groups -OCH3 is 2. The van der Waals surface area contributed by atoms with Gasteiger partial charge in [-0.1, -0.05) is 0 Å². The fourth-order valence-corrected chi connectivity index (χ4v) is 5.86. The molecular weight excluding hydrogens is 486 g/mol. The number of aromatic nitrogens is 2. The number of hydrogen-bond donors (Lipinski definition) is 1. The third-order valence-electron chi connectivity index (χ3n) is 5.41.